The van der Waals surface area contributed by atoms with E-state index < -0.39 is 4.92 Å². The summed E-state index contributed by atoms with van der Waals surface area (Å²) in [6.45, 7) is 6.57. The molecular weight excluding hydrogens is 386 g/mol. The lowest BCUT2D eigenvalue weighted by atomic mass is 9.83. The monoisotopic (exact) mass is 415 g/mol. The lowest BCUT2D eigenvalue weighted by molar-refractivity contribution is -0.384. The molecular formula is C21H29N5O4. The molecule has 162 valence electrons. The van der Waals surface area contributed by atoms with Gasteiger partial charge in [0.05, 0.1) is 23.4 Å². The van der Waals surface area contributed by atoms with Crippen LogP contribution >= 0.6 is 0 Å². The molecule has 0 aliphatic carbocycles. The van der Waals surface area contributed by atoms with Gasteiger partial charge in [-0.2, -0.15) is 0 Å². The van der Waals surface area contributed by atoms with E-state index in [-0.39, 0.29) is 29.5 Å². The predicted octanol–water partition coefficient (Wildman–Crippen LogP) is 1.02. The fraction of sp³-hybridized carbons (Fsp3) is 0.619. The zero-order valence-electron chi connectivity index (χ0n) is 17.4. The number of carbonyl (C=O) groups is 2. The molecule has 2 amide bonds. The van der Waals surface area contributed by atoms with Gasteiger partial charge >= 0.3 is 0 Å². The third-order valence-corrected chi connectivity index (χ3v) is 6.50. The summed E-state index contributed by atoms with van der Waals surface area (Å²) >= 11 is 0. The standard InChI is InChI=1S/C21H29N5O4/c1-2-22-21(28)17-12-15-11-16(26(29)30)5-6-18(15)25-10-9-23(13-19(17)25)14-20(27)24-7-3-4-8-24/h5-6,11,17,19H,2-4,7-10,12-14H2,1H3,(H,22,28). The van der Waals surface area contributed by atoms with E-state index in [0.29, 0.717) is 32.6 Å². The van der Waals surface area contributed by atoms with Crippen molar-refractivity contribution in [2.45, 2.75) is 32.2 Å². The van der Waals surface area contributed by atoms with Crippen LogP contribution < -0.4 is 10.2 Å². The van der Waals surface area contributed by atoms with Gasteiger partial charge in [0.25, 0.3) is 5.69 Å². The van der Waals surface area contributed by atoms with Crippen molar-refractivity contribution in [1.29, 1.82) is 0 Å². The van der Waals surface area contributed by atoms with Crippen LogP contribution in [0.15, 0.2) is 18.2 Å². The second-order valence-electron chi connectivity index (χ2n) is 8.36. The van der Waals surface area contributed by atoms with E-state index in [1.54, 1.807) is 12.1 Å². The molecule has 0 spiro atoms. The smallest absolute Gasteiger partial charge is 0.269 e. The highest BCUT2D eigenvalue weighted by Gasteiger charge is 2.42. The summed E-state index contributed by atoms with van der Waals surface area (Å²) in [6.07, 6.45) is 2.62. The molecule has 0 aromatic heterocycles. The summed E-state index contributed by atoms with van der Waals surface area (Å²) in [6, 6.07) is 4.89. The molecule has 3 heterocycles. The third kappa shape index (κ3) is 3.98. The van der Waals surface area contributed by atoms with Crippen molar-refractivity contribution in [3.8, 4) is 0 Å². The highest BCUT2D eigenvalue weighted by molar-refractivity contribution is 5.82. The van der Waals surface area contributed by atoms with Crippen molar-refractivity contribution >= 4 is 23.2 Å². The number of nitrogens with zero attached hydrogens (tertiary/aromatic N) is 4. The minimum atomic E-state index is -0.393. The molecule has 2 atom stereocenters. The second-order valence-corrected chi connectivity index (χ2v) is 8.36. The molecule has 3 aliphatic rings. The largest absolute Gasteiger partial charge is 0.365 e. The maximum absolute atomic E-state index is 12.9. The first-order valence-corrected chi connectivity index (χ1v) is 10.8. The van der Waals surface area contributed by atoms with Crippen molar-refractivity contribution in [1.82, 2.24) is 15.1 Å². The molecule has 0 bridgehead atoms. The van der Waals surface area contributed by atoms with Gasteiger partial charge in [0.15, 0.2) is 0 Å². The van der Waals surface area contributed by atoms with E-state index in [1.165, 1.54) is 6.07 Å². The van der Waals surface area contributed by atoms with Crippen LogP contribution in [0.2, 0.25) is 0 Å². The number of hydrogen-bond donors (Lipinski definition) is 1. The average Bonchev–Trinajstić information content (AvgIpc) is 3.28. The molecule has 4 rings (SSSR count). The van der Waals surface area contributed by atoms with Gasteiger partial charge in [0.1, 0.15) is 0 Å². The van der Waals surface area contributed by atoms with Gasteiger partial charge in [0.2, 0.25) is 11.8 Å². The Morgan fingerprint density at radius 3 is 2.67 bits per heavy atom. The van der Waals surface area contributed by atoms with Gasteiger partial charge in [-0.1, -0.05) is 0 Å². The Morgan fingerprint density at radius 2 is 1.97 bits per heavy atom. The number of nitro groups is 1. The number of hydrogen-bond acceptors (Lipinski definition) is 6. The first kappa shape index (κ1) is 20.6. The van der Waals surface area contributed by atoms with Crippen LogP contribution in [0.1, 0.15) is 25.3 Å². The molecule has 3 aliphatic heterocycles. The number of nitrogens with one attached hydrogen (secondary N) is 1. The molecule has 1 aromatic carbocycles. The molecule has 2 saturated heterocycles. The van der Waals surface area contributed by atoms with Crippen LogP contribution in [-0.4, -0.2) is 78.4 Å². The van der Waals surface area contributed by atoms with Crippen molar-refractivity contribution in [3.63, 3.8) is 0 Å². The van der Waals surface area contributed by atoms with Gasteiger partial charge in [-0.05, 0) is 37.8 Å². The second kappa shape index (κ2) is 8.59. The number of anilines is 1. The number of fused-ring (bicyclic) bond motifs is 3. The van der Waals surface area contributed by atoms with Crippen LogP contribution in [0.4, 0.5) is 11.4 Å². The summed E-state index contributed by atoms with van der Waals surface area (Å²) in [5.41, 5.74) is 1.87. The number of carbonyl (C=O) groups excluding carboxylic acids is 2. The van der Waals surface area contributed by atoms with Crippen LogP contribution in [0.3, 0.4) is 0 Å². The minimum Gasteiger partial charge on any atom is -0.365 e. The number of rotatable bonds is 5. The first-order valence-electron chi connectivity index (χ1n) is 10.8. The van der Waals surface area contributed by atoms with Crippen molar-refractivity contribution in [2.75, 3.05) is 50.7 Å². The van der Waals surface area contributed by atoms with E-state index in [2.05, 4.69) is 15.1 Å². The van der Waals surface area contributed by atoms with Crippen LogP contribution in [0.5, 0.6) is 0 Å². The Bertz CT molecular complexity index is 839. The summed E-state index contributed by atoms with van der Waals surface area (Å²) < 4.78 is 0. The Balaban J connectivity index is 1.56. The highest BCUT2D eigenvalue weighted by atomic mass is 16.6. The highest BCUT2D eigenvalue weighted by Crippen LogP contribution is 2.37. The molecule has 1 aromatic rings. The maximum atomic E-state index is 12.9. The maximum Gasteiger partial charge on any atom is 0.269 e. The van der Waals surface area contributed by atoms with Crippen molar-refractivity contribution in [3.05, 3.63) is 33.9 Å². The normalized spacial score (nSPS) is 23.6. The number of nitro benzene ring substituents is 1. The Kier molecular flexibility index (Phi) is 5.90. The SMILES string of the molecule is CCNC(=O)C1Cc2cc([N+](=O)[O-])ccc2N2CCN(CC(=O)N3CCCC3)CC12. The molecule has 9 heteroatoms. The van der Waals surface area contributed by atoms with E-state index in [4.69, 9.17) is 0 Å². The Labute approximate surface area is 176 Å². The molecule has 30 heavy (non-hydrogen) atoms. The van der Waals surface area contributed by atoms with Gasteiger partial charge in [-0.3, -0.25) is 24.6 Å². The number of piperazine rings is 1. The van der Waals surface area contributed by atoms with E-state index in [9.17, 15) is 19.7 Å². The average molecular weight is 415 g/mol. The predicted molar refractivity (Wildman–Crippen MR) is 112 cm³/mol. The summed E-state index contributed by atoms with van der Waals surface area (Å²) in [5, 5.41) is 14.1. The van der Waals surface area contributed by atoms with Gasteiger partial charge in [-0.15, -0.1) is 0 Å². The Morgan fingerprint density at radius 1 is 1.20 bits per heavy atom. The molecule has 9 nitrogen and oxygen atoms in total. The summed E-state index contributed by atoms with van der Waals surface area (Å²) in [7, 11) is 0. The van der Waals surface area contributed by atoms with E-state index in [0.717, 1.165) is 43.7 Å². The Hall–Kier alpha value is -2.68. The molecule has 0 radical (unpaired) electrons. The first-order chi connectivity index (χ1) is 14.5. The zero-order valence-corrected chi connectivity index (χ0v) is 17.4. The lowest BCUT2D eigenvalue weighted by Gasteiger charge is -2.49. The lowest BCUT2D eigenvalue weighted by Crippen LogP contribution is -2.62. The van der Waals surface area contributed by atoms with Gasteiger partial charge in [-0.25, -0.2) is 0 Å². The number of amides is 2. The van der Waals surface area contributed by atoms with Gasteiger partial charge < -0.3 is 15.1 Å². The summed E-state index contributed by atoms with van der Waals surface area (Å²) in [5.74, 6) is -0.163. The zero-order chi connectivity index (χ0) is 21.3. The van der Waals surface area contributed by atoms with Crippen LogP contribution in [0.25, 0.3) is 0 Å². The topological polar surface area (TPSA) is 99.0 Å². The van der Waals surface area contributed by atoms with E-state index >= 15 is 0 Å². The molecule has 1 N–H and O–H groups in total. The van der Waals surface area contributed by atoms with E-state index in [1.807, 2.05) is 11.8 Å². The van der Waals surface area contributed by atoms with Crippen molar-refractivity contribution in [2.24, 2.45) is 5.92 Å². The quantitative estimate of drug-likeness (QED) is 0.569. The van der Waals surface area contributed by atoms with Gasteiger partial charge in [0, 0.05) is 57.1 Å². The van der Waals surface area contributed by atoms with Crippen LogP contribution in [-0.2, 0) is 16.0 Å². The number of non-ortho nitro benzene ring substituents is 1. The number of benzene rings is 1. The third-order valence-electron chi connectivity index (χ3n) is 6.50. The van der Waals surface area contributed by atoms with Crippen molar-refractivity contribution < 1.29 is 14.5 Å². The van der Waals surface area contributed by atoms with Crippen LogP contribution in [0, 0.1) is 16.0 Å². The number of likely N-dealkylation sites (tertiary alicyclic amines) is 1. The molecule has 2 fully saturated rings. The fourth-order valence-corrected chi connectivity index (χ4v) is 4.99. The minimum absolute atomic E-state index is 0.0302. The fourth-order valence-electron chi connectivity index (χ4n) is 4.99. The summed E-state index contributed by atoms with van der Waals surface area (Å²) in [4.78, 5) is 42.6. The molecule has 0 saturated carbocycles. The molecule has 2 unspecified atom stereocenters.